The topological polar surface area (TPSA) is 55.6 Å². The van der Waals surface area contributed by atoms with Crippen molar-refractivity contribution in [3.8, 4) is 0 Å². The van der Waals surface area contributed by atoms with Crippen molar-refractivity contribution in [1.82, 2.24) is 25.1 Å². The zero-order chi connectivity index (χ0) is 15.8. The Hall–Kier alpha value is -1.79. The van der Waals surface area contributed by atoms with Crippen molar-refractivity contribution >= 4 is 21.6 Å². The Balaban J connectivity index is 1.56. The summed E-state index contributed by atoms with van der Waals surface area (Å²) in [6.07, 6.45) is 5.13. The van der Waals surface area contributed by atoms with Crippen LogP contribution in [-0.4, -0.2) is 19.7 Å². The van der Waals surface area contributed by atoms with Gasteiger partial charge in [-0.2, -0.15) is 5.10 Å². The van der Waals surface area contributed by atoms with Gasteiger partial charge in [-0.05, 0) is 42.8 Å². The molecule has 120 valence electrons. The summed E-state index contributed by atoms with van der Waals surface area (Å²) in [5, 5.41) is 10.4. The number of aryl methyl sites for hydroxylation is 2. The number of aromatic nitrogens is 4. The Bertz CT molecular complexity index is 821. The molecule has 4 heterocycles. The van der Waals surface area contributed by atoms with Gasteiger partial charge in [0.2, 0.25) is 0 Å². The quantitative estimate of drug-likeness (QED) is 0.795. The van der Waals surface area contributed by atoms with Gasteiger partial charge in [0, 0.05) is 25.2 Å². The average molecular weight is 327 g/mol. The molecule has 0 aliphatic carbocycles. The van der Waals surface area contributed by atoms with E-state index < -0.39 is 0 Å². The third-order valence-corrected chi connectivity index (χ3v) is 5.36. The van der Waals surface area contributed by atoms with E-state index >= 15 is 0 Å². The molecule has 5 nitrogen and oxygen atoms in total. The maximum absolute atomic E-state index is 4.71. The highest BCUT2D eigenvalue weighted by molar-refractivity contribution is 7.17. The van der Waals surface area contributed by atoms with E-state index in [1.54, 1.807) is 11.3 Å². The van der Waals surface area contributed by atoms with Crippen molar-refractivity contribution in [2.75, 3.05) is 0 Å². The van der Waals surface area contributed by atoms with E-state index in [0.717, 1.165) is 43.0 Å². The first kappa shape index (κ1) is 14.8. The second-order valence-corrected chi connectivity index (χ2v) is 7.07. The molecule has 0 unspecified atom stereocenters. The van der Waals surface area contributed by atoms with Gasteiger partial charge in [0.25, 0.3) is 0 Å². The number of rotatable bonds is 4. The molecule has 1 N–H and O–H groups in total. The molecule has 0 radical (unpaired) electrons. The number of pyridine rings is 1. The van der Waals surface area contributed by atoms with E-state index in [2.05, 4.69) is 51.4 Å². The van der Waals surface area contributed by atoms with Crippen LogP contribution in [0.25, 0.3) is 10.2 Å². The lowest BCUT2D eigenvalue weighted by atomic mass is 10.0. The Labute approximate surface area is 139 Å². The van der Waals surface area contributed by atoms with Crippen molar-refractivity contribution in [3.63, 3.8) is 0 Å². The van der Waals surface area contributed by atoms with Crippen LogP contribution in [0.3, 0.4) is 0 Å². The summed E-state index contributed by atoms with van der Waals surface area (Å²) in [6.45, 7) is 5.29. The smallest absolute Gasteiger partial charge is 0.150 e. The SMILES string of the molecule is CCc1nc2n(n1)CCC[C@H]2N[C@H](C)c1cnc2ccsc2c1. The van der Waals surface area contributed by atoms with Gasteiger partial charge in [-0.3, -0.25) is 4.98 Å². The molecule has 0 fully saturated rings. The maximum Gasteiger partial charge on any atom is 0.150 e. The van der Waals surface area contributed by atoms with Crippen LogP contribution in [0.4, 0.5) is 0 Å². The first-order valence-corrected chi connectivity index (χ1v) is 9.15. The highest BCUT2D eigenvalue weighted by atomic mass is 32.1. The van der Waals surface area contributed by atoms with Crippen LogP contribution < -0.4 is 5.32 Å². The molecular formula is C17H21N5S. The summed E-state index contributed by atoms with van der Waals surface area (Å²) in [4.78, 5) is 9.27. The minimum Gasteiger partial charge on any atom is -0.301 e. The van der Waals surface area contributed by atoms with Gasteiger partial charge >= 0.3 is 0 Å². The van der Waals surface area contributed by atoms with Gasteiger partial charge in [-0.25, -0.2) is 9.67 Å². The lowest BCUT2D eigenvalue weighted by Crippen LogP contribution is -2.30. The van der Waals surface area contributed by atoms with Gasteiger partial charge in [-0.15, -0.1) is 11.3 Å². The predicted octanol–water partition coefficient (Wildman–Crippen LogP) is 3.64. The average Bonchev–Trinajstić information content (AvgIpc) is 3.20. The second kappa shape index (κ2) is 6.02. The highest BCUT2D eigenvalue weighted by Gasteiger charge is 2.25. The molecule has 3 aromatic rings. The third kappa shape index (κ3) is 2.77. The van der Waals surface area contributed by atoms with E-state index in [1.165, 1.54) is 10.3 Å². The fourth-order valence-corrected chi connectivity index (χ4v) is 3.99. The molecule has 0 saturated carbocycles. The van der Waals surface area contributed by atoms with Crippen LogP contribution in [0.2, 0.25) is 0 Å². The van der Waals surface area contributed by atoms with E-state index in [0.29, 0.717) is 0 Å². The summed E-state index contributed by atoms with van der Waals surface area (Å²) in [5.74, 6) is 2.04. The Morgan fingerprint density at radius 1 is 1.48 bits per heavy atom. The number of nitrogens with zero attached hydrogens (tertiary/aromatic N) is 4. The van der Waals surface area contributed by atoms with Crippen molar-refractivity contribution in [2.45, 2.75) is 51.7 Å². The van der Waals surface area contributed by atoms with E-state index in [-0.39, 0.29) is 12.1 Å². The van der Waals surface area contributed by atoms with Gasteiger partial charge < -0.3 is 5.32 Å². The molecule has 0 bridgehead atoms. The first-order chi connectivity index (χ1) is 11.2. The summed E-state index contributed by atoms with van der Waals surface area (Å²) in [5.41, 5.74) is 2.31. The van der Waals surface area contributed by atoms with Gasteiger partial charge in [0.05, 0.1) is 16.3 Å². The van der Waals surface area contributed by atoms with Gasteiger partial charge in [0.1, 0.15) is 5.82 Å². The standard InChI is InChI=1S/C17H21N5S/c1-3-16-20-17-14(5-4-7-22(17)21-16)19-11(2)12-9-15-13(18-10-12)6-8-23-15/h6,8-11,14,19H,3-5,7H2,1-2H3/t11-,14-/m1/s1. The zero-order valence-electron chi connectivity index (χ0n) is 13.5. The molecule has 1 aliphatic heterocycles. The molecule has 0 spiro atoms. The summed E-state index contributed by atoms with van der Waals surface area (Å²) >= 11 is 1.74. The fraction of sp³-hybridized carbons (Fsp3) is 0.471. The molecule has 1 aliphatic rings. The summed E-state index contributed by atoms with van der Waals surface area (Å²) in [6, 6.07) is 4.82. The summed E-state index contributed by atoms with van der Waals surface area (Å²) in [7, 11) is 0. The van der Waals surface area contributed by atoms with Crippen LogP contribution >= 0.6 is 11.3 Å². The molecule has 0 aromatic carbocycles. The Morgan fingerprint density at radius 3 is 3.26 bits per heavy atom. The van der Waals surface area contributed by atoms with Crippen molar-refractivity contribution in [3.05, 3.63) is 40.9 Å². The minimum absolute atomic E-state index is 0.243. The number of thiophene rings is 1. The molecule has 0 saturated heterocycles. The molecule has 6 heteroatoms. The first-order valence-electron chi connectivity index (χ1n) is 8.27. The largest absolute Gasteiger partial charge is 0.301 e. The van der Waals surface area contributed by atoms with Crippen LogP contribution in [0.5, 0.6) is 0 Å². The highest BCUT2D eigenvalue weighted by Crippen LogP contribution is 2.28. The Kier molecular flexibility index (Phi) is 3.87. The fourth-order valence-electron chi connectivity index (χ4n) is 3.20. The van der Waals surface area contributed by atoms with E-state index in [4.69, 9.17) is 4.98 Å². The third-order valence-electron chi connectivity index (χ3n) is 4.51. The maximum atomic E-state index is 4.71. The Morgan fingerprint density at radius 2 is 2.39 bits per heavy atom. The molecule has 2 atom stereocenters. The van der Waals surface area contributed by atoms with Crippen molar-refractivity contribution in [2.24, 2.45) is 0 Å². The molecule has 23 heavy (non-hydrogen) atoms. The van der Waals surface area contributed by atoms with Gasteiger partial charge in [-0.1, -0.05) is 6.92 Å². The number of nitrogens with one attached hydrogen (secondary N) is 1. The number of hydrogen-bond donors (Lipinski definition) is 1. The van der Waals surface area contributed by atoms with Crippen LogP contribution in [-0.2, 0) is 13.0 Å². The van der Waals surface area contributed by atoms with Gasteiger partial charge in [0.15, 0.2) is 5.82 Å². The van der Waals surface area contributed by atoms with Crippen LogP contribution in [0, 0.1) is 0 Å². The van der Waals surface area contributed by atoms with E-state index in [9.17, 15) is 0 Å². The zero-order valence-corrected chi connectivity index (χ0v) is 14.3. The molecular weight excluding hydrogens is 306 g/mol. The molecule has 3 aromatic heterocycles. The lowest BCUT2D eigenvalue weighted by molar-refractivity contribution is 0.344. The molecule has 0 amide bonds. The number of hydrogen-bond acceptors (Lipinski definition) is 5. The van der Waals surface area contributed by atoms with Crippen molar-refractivity contribution < 1.29 is 0 Å². The van der Waals surface area contributed by atoms with Crippen LogP contribution in [0.15, 0.2) is 23.7 Å². The lowest BCUT2D eigenvalue weighted by Gasteiger charge is -2.26. The minimum atomic E-state index is 0.243. The summed E-state index contributed by atoms with van der Waals surface area (Å²) < 4.78 is 3.32. The van der Waals surface area contributed by atoms with Crippen LogP contribution in [0.1, 0.15) is 56.0 Å². The normalized spacial score (nSPS) is 19.0. The number of fused-ring (bicyclic) bond motifs is 2. The predicted molar refractivity (Wildman–Crippen MR) is 92.5 cm³/mol. The second-order valence-electron chi connectivity index (χ2n) is 6.12. The molecule has 4 rings (SSSR count). The monoisotopic (exact) mass is 327 g/mol. The van der Waals surface area contributed by atoms with E-state index in [1.807, 2.05) is 6.20 Å². The van der Waals surface area contributed by atoms with Crippen molar-refractivity contribution in [1.29, 1.82) is 0 Å².